The molecule has 0 fully saturated rings. The van der Waals surface area contributed by atoms with Gasteiger partial charge in [-0.1, -0.05) is 27.7 Å². The Hall–Kier alpha value is -2.76. The molecule has 4 unspecified atom stereocenters. The van der Waals surface area contributed by atoms with E-state index >= 15 is 0 Å². The number of hydrogen-bond donors (Lipinski definition) is 0. The molecule has 0 aromatic heterocycles. The minimum absolute atomic E-state index is 0.00123. The van der Waals surface area contributed by atoms with Crippen molar-refractivity contribution in [2.45, 2.75) is 109 Å². The van der Waals surface area contributed by atoms with Gasteiger partial charge in [0.2, 0.25) is 0 Å². The van der Waals surface area contributed by atoms with E-state index in [9.17, 15) is 0 Å². The fourth-order valence-corrected chi connectivity index (χ4v) is 6.03. The van der Waals surface area contributed by atoms with Crippen molar-refractivity contribution in [1.82, 2.24) is 0 Å². The highest BCUT2D eigenvalue weighted by molar-refractivity contribution is 5.57. The van der Waals surface area contributed by atoms with Crippen LogP contribution in [0.15, 0.2) is 24.3 Å². The fraction of sp³-hybridized carbons (Fsp3) is 0.586. The SMILES string of the molecule is CC1Oc2cc3c(cc2OC1C)C(C)(C)CC1(CC(C)(C)c2cc4c(cc2O1)OC(C)C(C)O4)O3. The third-order valence-electron chi connectivity index (χ3n) is 8.14. The predicted octanol–water partition coefficient (Wildman–Crippen LogP) is 6.30. The smallest absolute Gasteiger partial charge is 0.252 e. The number of benzene rings is 2. The lowest BCUT2D eigenvalue weighted by atomic mass is 9.69. The topological polar surface area (TPSA) is 55.4 Å². The quantitative estimate of drug-likeness (QED) is 0.441. The molecule has 2 aromatic carbocycles. The normalized spacial score (nSPS) is 33.1. The Bertz CT molecular complexity index is 1100. The molecule has 6 nitrogen and oxygen atoms in total. The molecule has 0 aliphatic carbocycles. The highest BCUT2D eigenvalue weighted by Crippen LogP contribution is 2.57. The largest absolute Gasteiger partial charge is 0.483 e. The van der Waals surface area contributed by atoms with Crippen molar-refractivity contribution in [1.29, 1.82) is 0 Å². The van der Waals surface area contributed by atoms with Gasteiger partial charge in [-0.2, -0.15) is 0 Å². The van der Waals surface area contributed by atoms with Crippen LogP contribution in [0.3, 0.4) is 0 Å². The predicted molar refractivity (Wildman–Crippen MR) is 133 cm³/mol. The standard InChI is InChI=1S/C29H36O6/c1-15-17(3)32-25-11-21-19(9-23(25)30-15)27(5,6)13-29(34-21)14-28(7,8)20-10-24-26(12-22(20)35-29)33-18(4)16(2)31-24/h9-12,15-18H,13-14H2,1-8H3. The minimum Gasteiger partial charge on any atom is -0.483 e. The average Bonchev–Trinajstić information content (AvgIpc) is 2.73. The molecule has 4 aliphatic heterocycles. The van der Waals surface area contributed by atoms with Gasteiger partial charge < -0.3 is 28.4 Å². The van der Waals surface area contributed by atoms with E-state index in [1.165, 1.54) is 0 Å². The molecule has 6 heteroatoms. The third kappa shape index (κ3) is 3.51. The second-order valence-corrected chi connectivity index (χ2v) is 12.1. The summed E-state index contributed by atoms with van der Waals surface area (Å²) in [5, 5.41) is 0. The maximum Gasteiger partial charge on any atom is 0.252 e. The molecule has 0 bridgehead atoms. The van der Waals surface area contributed by atoms with Gasteiger partial charge in [0, 0.05) is 46.9 Å². The molecule has 1 spiro atoms. The van der Waals surface area contributed by atoms with Crippen LogP contribution in [-0.4, -0.2) is 30.2 Å². The van der Waals surface area contributed by atoms with Crippen LogP contribution in [0.4, 0.5) is 0 Å². The van der Waals surface area contributed by atoms with Crippen LogP contribution in [-0.2, 0) is 10.8 Å². The second-order valence-electron chi connectivity index (χ2n) is 12.1. The number of hydrogen-bond acceptors (Lipinski definition) is 6. The highest BCUT2D eigenvalue weighted by Gasteiger charge is 2.54. The zero-order valence-electron chi connectivity index (χ0n) is 22.0. The molecule has 0 radical (unpaired) electrons. The first-order valence-electron chi connectivity index (χ1n) is 12.8. The lowest BCUT2D eigenvalue weighted by Gasteiger charge is -2.51. The van der Waals surface area contributed by atoms with Crippen molar-refractivity contribution in [2.75, 3.05) is 0 Å². The molecule has 4 heterocycles. The zero-order chi connectivity index (χ0) is 24.9. The lowest BCUT2D eigenvalue weighted by Crippen LogP contribution is -2.55. The van der Waals surface area contributed by atoms with Crippen LogP contribution >= 0.6 is 0 Å². The van der Waals surface area contributed by atoms with Crippen LogP contribution < -0.4 is 28.4 Å². The summed E-state index contributed by atoms with van der Waals surface area (Å²) in [5.41, 5.74) is 1.85. The van der Waals surface area contributed by atoms with Crippen LogP contribution in [0.5, 0.6) is 34.5 Å². The van der Waals surface area contributed by atoms with Gasteiger partial charge in [0.25, 0.3) is 5.79 Å². The van der Waals surface area contributed by atoms with E-state index in [4.69, 9.17) is 28.4 Å². The molecule has 6 rings (SSSR count). The molecule has 4 aliphatic rings. The van der Waals surface area contributed by atoms with Gasteiger partial charge in [0.1, 0.15) is 35.9 Å². The van der Waals surface area contributed by atoms with Gasteiger partial charge in [-0.25, -0.2) is 0 Å². The van der Waals surface area contributed by atoms with Gasteiger partial charge in [-0.05, 0) is 39.8 Å². The summed E-state index contributed by atoms with van der Waals surface area (Å²) in [5.74, 6) is 3.79. The molecule has 2 aromatic rings. The van der Waals surface area contributed by atoms with Gasteiger partial charge in [-0.3, -0.25) is 0 Å². The van der Waals surface area contributed by atoms with Crippen molar-refractivity contribution >= 4 is 0 Å². The number of fused-ring (bicyclic) bond motifs is 4. The first-order valence-corrected chi connectivity index (χ1v) is 12.8. The average molecular weight is 481 g/mol. The molecule has 35 heavy (non-hydrogen) atoms. The van der Waals surface area contributed by atoms with Crippen molar-refractivity contribution in [3.8, 4) is 34.5 Å². The molecular formula is C29H36O6. The molecule has 0 saturated heterocycles. The summed E-state index contributed by atoms with van der Waals surface area (Å²) < 4.78 is 38.2. The maximum atomic E-state index is 6.77. The molecule has 0 N–H and O–H groups in total. The summed E-state index contributed by atoms with van der Waals surface area (Å²) in [4.78, 5) is 0. The summed E-state index contributed by atoms with van der Waals surface area (Å²) in [6.45, 7) is 17.1. The first-order chi connectivity index (χ1) is 16.4. The minimum atomic E-state index is -0.807. The Balaban J connectivity index is 1.41. The summed E-state index contributed by atoms with van der Waals surface area (Å²) >= 11 is 0. The fourth-order valence-electron chi connectivity index (χ4n) is 6.03. The lowest BCUT2D eigenvalue weighted by molar-refractivity contribution is -0.166. The van der Waals surface area contributed by atoms with Gasteiger partial charge in [-0.15, -0.1) is 0 Å². The highest BCUT2D eigenvalue weighted by atomic mass is 16.7. The first kappa shape index (κ1) is 22.7. The Morgan fingerprint density at radius 2 is 0.829 bits per heavy atom. The van der Waals surface area contributed by atoms with Crippen LogP contribution in [0.25, 0.3) is 0 Å². The van der Waals surface area contributed by atoms with Crippen molar-refractivity contribution in [2.24, 2.45) is 0 Å². The van der Waals surface area contributed by atoms with E-state index in [-0.39, 0.29) is 35.2 Å². The Morgan fingerprint density at radius 3 is 1.17 bits per heavy atom. The molecular weight excluding hydrogens is 444 g/mol. The molecule has 0 saturated carbocycles. The van der Waals surface area contributed by atoms with Crippen molar-refractivity contribution in [3.05, 3.63) is 35.4 Å². The Morgan fingerprint density at radius 1 is 0.514 bits per heavy atom. The molecule has 188 valence electrons. The maximum absolute atomic E-state index is 6.77. The number of ether oxygens (including phenoxy) is 6. The molecule has 0 amide bonds. The van der Waals surface area contributed by atoms with E-state index in [2.05, 4.69) is 39.8 Å². The van der Waals surface area contributed by atoms with E-state index in [1.54, 1.807) is 0 Å². The van der Waals surface area contributed by atoms with E-state index in [0.29, 0.717) is 12.8 Å². The van der Waals surface area contributed by atoms with E-state index in [1.807, 2.05) is 39.8 Å². The van der Waals surface area contributed by atoms with Crippen molar-refractivity contribution in [3.63, 3.8) is 0 Å². The number of rotatable bonds is 0. The third-order valence-corrected chi connectivity index (χ3v) is 8.14. The molecule has 4 atom stereocenters. The van der Waals surface area contributed by atoms with E-state index in [0.717, 1.165) is 45.6 Å². The monoisotopic (exact) mass is 480 g/mol. The van der Waals surface area contributed by atoms with Crippen LogP contribution in [0.1, 0.15) is 79.4 Å². The van der Waals surface area contributed by atoms with Crippen LogP contribution in [0, 0.1) is 0 Å². The van der Waals surface area contributed by atoms with Crippen LogP contribution in [0.2, 0.25) is 0 Å². The Labute approximate surface area is 207 Å². The van der Waals surface area contributed by atoms with Gasteiger partial charge in [0.05, 0.1) is 0 Å². The van der Waals surface area contributed by atoms with Gasteiger partial charge >= 0.3 is 0 Å². The summed E-state index contributed by atoms with van der Waals surface area (Å²) in [6, 6.07) is 8.14. The summed E-state index contributed by atoms with van der Waals surface area (Å²) in [7, 11) is 0. The zero-order valence-corrected chi connectivity index (χ0v) is 22.0. The van der Waals surface area contributed by atoms with Crippen molar-refractivity contribution < 1.29 is 28.4 Å². The second kappa shape index (κ2) is 7.14. The van der Waals surface area contributed by atoms with Gasteiger partial charge in [0.15, 0.2) is 23.0 Å². The Kier molecular flexibility index (Phi) is 4.63. The summed E-state index contributed by atoms with van der Waals surface area (Å²) in [6.07, 6.45) is 1.37. The van der Waals surface area contributed by atoms with E-state index < -0.39 is 5.79 Å².